The summed E-state index contributed by atoms with van der Waals surface area (Å²) in [5, 5.41) is 2.82. The van der Waals surface area contributed by atoms with Gasteiger partial charge in [-0.3, -0.25) is 9.78 Å². The summed E-state index contributed by atoms with van der Waals surface area (Å²) in [6, 6.07) is 13.2. The number of amides is 1. The second-order valence-corrected chi connectivity index (χ2v) is 3.97. The van der Waals surface area contributed by atoms with Crippen LogP contribution in [-0.2, 0) is 6.42 Å². The number of nitrogen functional groups attached to an aromatic ring is 1. The number of benzene rings is 1. The molecule has 92 valence electrons. The number of anilines is 1. The highest BCUT2D eigenvalue weighted by Gasteiger charge is 2.06. The van der Waals surface area contributed by atoms with E-state index in [4.69, 9.17) is 5.73 Å². The Kier molecular flexibility index (Phi) is 3.91. The van der Waals surface area contributed by atoms with Crippen LogP contribution in [0.2, 0.25) is 0 Å². The largest absolute Gasteiger partial charge is 0.399 e. The predicted molar refractivity (Wildman–Crippen MR) is 71.1 cm³/mol. The van der Waals surface area contributed by atoms with Crippen molar-refractivity contribution in [3.63, 3.8) is 0 Å². The Balaban J connectivity index is 1.86. The molecule has 0 spiro atoms. The van der Waals surface area contributed by atoms with Crippen LogP contribution in [0.1, 0.15) is 16.1 Å². The second-order valence-electron chi connectivity index (χ2n) is 3.97. The molecule has 1 amide bonds. The first kappa shape index (κ1) is 12.1. The molecule has 2 aromatic rings. The van der Waals surface area contributed by atoms with Gasteiger partial charge in [0.2, 0.25) is 0 Å². The normalized spacial score (nSPS) is 10.0. The van der Waals surface area contributed by atoms with E-state index in [1.54, 1.807) is 12.1 Å². The Hall–Kier alpha value is -2.36. The first-order valence-corrected chi connectivity index (χ1v) is 5.79. The second kappa shape index (κ2) is 5.82. The fourth-order valence-electron chi connectivity index (χ4n) is 1.63. The molecule has 1 heterocycles. The molecule has 1 aromatic heterocycles. The summed E-state index contributed by atoms with van der Waals surface area (Å²) in [7, 11) is 0. The Labute approximate surface area is 106 Å². The summed E-state index contributed by atoms with van der Waals surface area (Å²) in [6.45, 7) is 0.583. The maximum atomic E-state index is 11.8. The average molecular weight is 241 g/mol. The highest BCUT2D eigenvalue weighted by Crippen LogP contribution is 2.03. The molecule has 4 heteroatoms. The van der Waals surface area contributed by atoms with Gasteiger partial charge in [0.25, 0.3) is 5.91 Å². The predicted octanol–water partition coefficient (Wildman–Crippen LogP) is 1.64. The fourth-order valence-corrected chi connectivity index (χ4v) is 1.63. The van der Waals surface area contributed by atoms with Crippen molar-refractivity contribution in [1.29, 1.82) is 0 Å². The van der Waals surface area contributed by atoms with E-state index in [1.807, 2.05) is 30.3 Å². The number of nitrogens with two attached hydrogens (primary N) is 1. The molecule has 3 N–H and O–H groups in total. The van der Waals surface area contributed by atoms with Crippen molar-refractivity contribution in [2.24, 2.45) is 0 Å². The summed E-state index contributed by atoms with van der Waals surface area (Å²) in [4.78, 5) is 15.7. The van der Waals surface area contributed by atoms with E-state index in [9.17, 15) is 4.79 Å². The van der Waals surface area contributed by atoms with Gasteiger partial charge in [-0.25, -0.2) is 0 Å². The third-order valence-electron chi connectivity index (χ3n) is 2.56. The molecule has 0 fully saturated rings. The van der Waals surface area contributed by atoms with Crippen molar-refractivity contribution < 1.29 is 4.79 Å². The standard InChI is InChI=1S/C14H15N3O/c15-12-7-9-16-13(10-12)14(18)17-8-6-11-4-2-1-3-5-11/h1-5,7,9-10H,6,8H2,(H2,15,16)(H,17,18). The van der Waals surface area contributed by atoms with Gasteiger partial charge in [-0.1, -0.05) is 30.3 Å². The summed E-state index contributed by atoms with van der Waals surface area (Å²) in [5.74, 6) is -0.196. The molecule has 0 aliphatic carbocycles. The lowest BCUT2D eigenvalue weighted by Gasteiger charge is -2.05. The molecule has 0 radical (unpaired) electrons. The van der Waals surface area contributed by atoms with E-state index in [0.29, 0.717) is 17.9 Å². The van der Waals surface area contributed by atoms with Gasteiger partial charge in [-0.2, -0.15) is 0 Å². The van der Waals surface area contributed by atoms with Crippen LogP contribution < -0.4 is 11.1 Å². The zero-order valence-electron chi connectivity index (χ0n) is 9.97. The third-order valence-corrected chi connectivity index (χ3v) is 2.56. The first-order chi connectivity index (χ1) is 8.75. The Bertz CT molecular complexity index is 526. The number of carbonyl (C=O) groups is 1. The molecule has 0 saturated carbocycles. The van der Waals surface area contributed by atoms with Crippen LogP contribution in [0.25, 0.3) is 0 Å². The third kappa shape index (κ3) is 3.31. The topological polar surface area (TPSA) is 68.0 Å². The number of rotatable bonds is 4. The summed E-state index contributed by atoms with van der Waals surface area (Å²) < 4.78 is 0. The molecule has 0 bridgehead atoms. The van der Waals surface area contributed by atoms with Crippen molar-refractivity contribution in [3.05, 3.63) is 59.9 Å². The van der Waals surface area contributed by atoms with E-state index in [1.165, 1.54) is 11.8 Å². The van der Waals surface area contributed by atoms with Gasteiger partial charge in [-0.05, 0) is 24.1 Å². The number of aromatic nitrogens is 1. The molecule has 1 aromatic carbocycles. The van der Waals surface area contributed by atoms with Crippen LogP contribution in [0.3, 0.4) is 0 Å². The van der Waals surface area contributed by atoms with Gasteiger partial charge in [-0.15, -0.1) is 0 Å². The summed E-state index contributed by atoms with van der Waals surface area (Å²) >= 11 is 0. The monoisotopic (exact) mass is 241 g/mol. The minimum atomic E-state index is -0.196. The van der Waals surface area contributed by atoms with Crippen molar-refractivity contribution in [2.45, 2.75) is 6.42 Å². The van der Waals surface area contributed by atoms with E-state index < -0.39 is 0 Å². The molecule has 2 rings (SSSR count). The van der Waals surface area contributed by atoms with Gasteiger partial charge in [0.1, 0.15) is 5.69 Å². The van der Waals surface area contributed by atoms with E-state index >= 15 is 0 Å². The van der Waals surface area contributed by atoms with Crippen LogP contribution in [-0.4, -0.2) is 17.4 Å². The van der Waals surface area contributed by atoms with Crippen molar-refractivity contribution in [1.82, 2.24) is 10.3 Å². The van der Waals surface area contributed by atoms with Crippen LogP contribution >= 0.6 is 0 Å². The number of pyridine rings is 1. The summed E-state index contributed by atoms with van der Waals surface area (Å²) in [5.41, 5.74) is 7.68. The first-order valence-electron chi connectivity index (χ1n) is 5.79. The number of carbonyl (C=O) groups excluding carboxylic acids is 1. The van der Waals surface area contributed by atoms with Crippen molar-refractivity contribution >= 4 is 11.6 Å². The fraction of sp³-hybridized carbons (Fsp3) is 0.143. The zero-order valence-corrected chi connectivity index (χ0v) is 9.97. The van der Waals surface area contributed by atoms with Gasteiger partial charge in [0.15, 0.2) is 0 Å². The van der Waals surface area contributed by atoms with Crippen LogP contribution in [0.15, 0.2) is 48.7 Å². The van der Waals surface area contributed by atoms with Gasteiger partial charge in [0.05, 0.1) is 0 Å². The molecular formula is C14H15N3O. The van der Waals surface area contributed by atoms with Crippen molar-refractivity contribution in [3.8, 4) is 0 Å². The molecule has 0 aliphatic heterocycles. The molecule has 0 aliphatic rings. The van der Waals surface area contributed by atoms with Crippen LogP contribution in [0, 0.1) is 0 Å². The smallest absolute Gasteiger partial charge is 0.269 e. The molecule has 0 saturated heterocycles. The van der Waals surface area contributed by atoms with E-state index in [0.717, 1.165) is 6.42 Å². The maximum Gasteiger partial charge on any atom is 0.269 e. The van der Waals surface area contributed by atoms with Gasteiger partial charge < -0.3 is 11.1 Å². The SMILES string of the molecule is Nc1ccnc(C(=O)NCCc2ccccc2)c1. The molecular weight excluding hydrogens is 226 g/mol. The van der Waals surface area contributed by atoms with Crippen LogP contribution in [0.4, 0.5) is 5.69 Å². The highest BCUT2D eigenvalue weighted by atomic mass is 16.1. The summed E-state index contributed by atoms with van der Waals surface area (Å²) in [6.07, 6.45) is 2.33. The molecule has 0 atom stereocenters. The van der Waals surface area contributed by atoms with Gasteiger partial charge in [0, 0.05) is 18.4 Å². The Morgan fingerprint density at radius 1 is 1.22 bits per heavy atom. The minimum absolute atomic E-state index is 0.196. The van der Waals surface area contributed by atoms with Crippen molar-refractivity contribution in [2.75, 3.05) is 12.3 Å². The molecule has 18 heavy (non-hydrogen) atoms. The Morgan fingerprint density at radius 2 is 2.00 bits per heavy atom. The van der Waals surface area contributed by atoms with E-state index in [-0.39, 0.29) is 5.91 Å². The van der Waals surface area contributed by atoms with Crippen LogP contribution in [0.5, 0.6) is 0 Å². The maximum absolute atomic E-state index is 11.8. The molecule has 0 unspecified atom stereocenters. The van der Waals surface area contributed by atoms with Gasteiger partial charge >= 0.3 is 0 Å². The number of nitrogens with zero attached hydrogens (tertiary/aromatic N) is 1. The average Bonchev–Trinajstić information content (AvgIpc) is 2.40. The zero-order chi connectivity index (χ0) is 12.8. The number of nitrogens with one attached hydrogen (secondary N) is 1. The highest BCUT2D eigenvalue weighted by molar-refractivity contribution is 5.92. The lowest BCUT2D eigenvalue weighted by Crippen LogP contribution is -2.26. The lowest BCUT2D eigenvalue weighted by atomic mass is 10.1. The Morgan fingerprint density at radius 3 is 2.72 bits per heavy atom. The number of hydrogen-bond donors (Lipinski definition) is 2. The minimum Gasteiger partial charge on any atom is -0.399 e. The molecule has 4 nitrogen and oxygen atoms in total. The van der Waals surface area contributed by atoms with E-state index in [2.05, 4.69) is 10.3 Å². The quantitative estimate of drug-likeness (QED) is 0.855. The lowest BCUT2D eigenvalue weighted by molar-refractivity contribution is 0.0949. The number of hydrogen-bond acceptors (Lipinski definition) is 3.